The van der Waals surface area contributed by atoms with Crippen LogP contribution in [0.3, 0.4) is 0 Å². The molecule has 2 rings (SSSR count). The van der Waals surface area contributed by atoms with E-state index in [0.717, 1.165) is 16.0 Å². The van der Waals surface area contributed by atoms with Crippen molar-refractivity contribution in [2.75, 3.05) is 20.0 Å². The maximum Gasteiger partial charge on any atom is 0.305 e. The zero-order valence-electron chi connectivity index (χ0n) is 22.6. The molecular formula is C28H36N2O7S. The Hall–Kier alpha value is -3.53. The number of carbonyl (C=O) groups is 4. The number of methoxy groups -OCH3 is 2. The molecule has 38 heavy (non-hydrogen) atoms. The molecule has 9 nitrogen and oxygen atoms in total. The Bertz CT molecular complexity index is 1170. The van der Waals surface area contributed by atoms with Gasteiger partial charge in [0.2, 0.25) is 11.8 Å². The molecule has 0 fully saturated rings. The van der Waals surface area contributed by atoms with Crippen molar-refractivity contribution in [3.05, 3.63) is 53.1 Å². The van der Waals surface area contributed by atoms with Crippen molar-refractivity contribution < 1.29 is 33.8 Å². The Morgan fingerprint density at radius 2 is 1.66 bits per heavy atom. The molecule has 2 aromatic carbocycles. The first-order valence-corrected chi connectivity index (χ1v) is 13.2. The molecule has 10 heteroatoms. The zero-order valence-corrected chi connectivity index (χ0v) is 23.4. The highest BCUT2D eigenvalue weighted by Gasteiger charge is 2.30. The molecule has 0 heterocycles. The smallest absolute Gasteiger partial charge is 0.305 e. The number of carboxylic acids is 1. The second kappa shape index (κ2) is 14.4. The summed E-state index contributed by atoms with van der Waals surface area (Å²) in [5.74, 6) is -1.96. The van der Waals surface area contributed by atoms with E-state index in [1.54, 1.807) is 32.0 Å². The van der Waals surface area contributed by atoms with Crippen molar-refractivity contribution in [3.63, 3.8) is 0 Å². The zero-order chi connectivity index (χ0) is 28.4. The standard InChI is InChI=1S/C28H36N2O7S/c1-16(2)27(30-25(32)13-19-12-20(36-5)8-10-24(19)37-6)28(35)29-22(14-26(33)34)23(31)15-38-21-9-7-17(3)18(4)11-21/h7-12,16,22,27H,13-15H2,1-6H3,(H,29,35)(H,30,32)(H,33,34)/t22-,27-/m0/s1. The Labute approximate surface area is 227 Å². The normalized spacial score (nSPS) is 12.4. The molecule has 206 valence electrons. The van der Waals surface area contributed by atoms with Crippen molar-refractivity contribution in [1.29, 1.82) is 0 Å². The molecule has 0 unspecified atom stereocenters. The van der Waals surface area contributed by atoms with Crippen molar-refractivity contribution >= 4 is 35.3 Å². The molecule has 2 amide bonds. The van der Waals surface area contributed by atoms with E-state index in [-0.39, 0.29) is 18.1 Å². The fraction of sp³-hybridized carbons (Fsp3) is 0.429. The second-order valence-corrected chi connectivity index (χ2v) is 10.4. The summed E-state index contributed by atoms with van der Waals surface area (Å²) in [6, 6.07) is 8.68. The molecule has 0 radical (unpaired) electrons. The fourth-order valence-corrected chi connectivity index (χ4v) is 4.63. The molecule has 0 bridgehead atoms. The minimum absolute atomic E-state index is 0.00489. The Kier molecular flexibility index (Phi) is 11.6. The number of nitrogens with one attached hydrogen (secondary N) is 2. The summed E-state index contributed by atoms with van der Waals surface area (Å²) in [7, 11) is 3.01. The first-order chi connectivity index (χ1) is 17.9. The van der Waals surface area contributed by atoms with Crippen LogP contribution in [0, 0.1) is 19.8 Å². The van der Waals surface area contributed by atoms with E-state index >= 15 is 0 Å². The lowest BCUT2D eigenvalue weighted by atomic mass is 10.0. The molecule has 3 N–H and O–H groups in total. The molecule has 0 saturated heterocycles. The predicted molar refractivity (Wildman–Crippen MR) is 146 cm³/mol. The minimum Gasteiger partial charge on any atom is -0.497 e. The third-order valence-electron chi connectivity index (χ3n) is 6.05. The highest BCUT2D eigenvalue weighted by atomic mass is 32.2. The van der Waals surface area contributed by atoms with Crippen molar-refractivity contribution in [3.8, 4) is 11.5 Å². The number of rotatable bonds is 14. The molecule has 0 spiro atoms. The summed E-state index contributed by atoms with van der Waals surface area (Å²) in [4.78, 5) is 51.2. The van der Waals surface area contributed by atoms with Crippen LogP contribution in [0.2, 0.25) is 0 Å². The van der Waals surface area contributed by atoms with Gasteiger partial charge >= 0.3 is 5.97 Å². The summed E-state index contributed by atoms with van der Waals surface area (Å²) in [5, 5.41) is 14.6. The topological polar surface area (TPSA) is 131 Å². The summed E-state index contributed by atoms with van der Waals surface area (Å²) in [5.41, 5.74) is 2.79. The van der Waals surface area contributed by atoms with E-state index in [1.165, 1.54) is 26.0 Å². The number of carboxylic acid groups (broad SMARTS) is 1. The molecule has 0 aliphatic heterocycles. The van der Waals surface area contributed by atoms with Gasteiger partial charge in [0, 0.05) is 10.5 Å². The Morgan fingerprint density at radius 3 is 2.24 bits per heavy atom. The molecule has 0 aliphatic carbocycles. The number of hydrogen-bond acceptors (Lipinski definition) is 7. The van der Waals surface area contributed by atoms with E-state index in [1.807, 2.05) is 32.0 Å². The monoisotopic (exact) mass is 544 g/mol. The number of Topliss-reactive ketones (excluding diaryl/α,β-unsaturated/α-hetero) is 1. The van der Waals surface area contributed by atoms with Crippen LogP contribution in [-0.4, -0.2) is 60.7 Å². The lowest BCUT2D eigenvalue weighted by molar-refractivity contribution is -0.140. The summed E-state index contributed by atoms with van der Waals surface area (Å²) < 4.78 is 10.5. The van der Waals surface area contributed by atoms with Gasteiger partial charge in [-0.05, 0) is 61.2 Å². The number of hydrogen-bond donors (Lipinski definition) is 3. The third-order valence-corrected chi connectivity index (χ3v) is 7.06. The maximum absolute atomic E-state index is 13.1. The van der Waals surface area contributed by atoms with E-state index in [2.05, 4.69) is 10.6 Å². The van der Waals surface area contributed by atoms with Crippen LogP contribution in [0.1, 0.15) is 37.0 Å². The number of carbonyl (C=O) groups excluding carboxylic acids is 3. The second-order valence-electron chi connectivity index (χ2n) is 9.30. The van der Waals surface area contributed by atoms with E-state index in [9.17, 15) is 24.3 Å². The van der Waals surface area contributed by atoms with Crippen LogP contribution in [0.25, 0.3) is 0 Å². The molecule has 0 saturated carbocycles. The van der Waals surface area contributed by atoms with E-state index in [4.69, 9.17) is 9.47 Å². The molecule has 0 aliphatic rings. The van der Waals surface area contributed by atoms with Crippen LogP contribution in [0.5, 0.6) is 11.5 Å². The fourth-order valence-electron chi connectivity index (χ4n) is 3.69. The van der Waals surface area contributed by atoms with Crippen molar-refractivity contribution in [1.82, 2.24) is 10.6 Å². The van der Waals surface area contributed by atoms with Gasteiger partial charge in [0.1, 0.15) is 17.5 Å². The lowest BCUT2D eigenvalue weighted by Gasteiger charge is -2.25. The van der Waals surface area contributed by atoms with Crippen LogP contribution >= 0.6 is 11.8 Å². The highest BCUT2D eigenvalue weighted by molar-refractivity contribution is 8.00. The van der Waals surface area contributed by atoms with E-state index < -0.39 is 42.1 Å². The number of ether oxygens (including phenoxy) is 2. The van der Waals surface area contributed by atoms with Crippen LogP contribution in [0.4, 0.5) is 0 Å². The molecule has 2 atom stereocenters. The highest BCUT2D eigenvalue weighted by Crippen LogP contribution is 2.25. The van der Waals surface area contributed by atoms with Gasteiger partial charge < -0.3 is 25.2 Å². The summed E-state index contributed by atoms with van der Waals surface area (Å²) >= 11 is 1.28. The molecule has 2 aromatic rings. The largest absolute Gasteiger partial charge is 0.497 e. The number of amides is 2. The van der Waals surface area contributed by atoms with Gasteiger partial charge in [-0.3, -0.25) is 19.2 Å². The van der Waals surface area contributed by atoms with Crippen LogP contribution in [0.15, 0.2) is 41.3 Å². The van der Waals surface area contributed by atoms with E-state index in [0.29, 0.717) is 17.1 Å². The van der Waals surface area contributed by atoms with Gasteiger partial charge in [-0.15, -0.1) is 11.8 Å². The average molecular weight is 545 g/mol. The van der Waals surface area contributed by atoms with Crippen molar-refractivity contribution in [2.24, 2.45) is 5.92 Å². The number of ketones is 1. The van der Waals surface area contributed by atoms with Gasteiger partial charge in [0.15, 0.2) is 5.78 Å². The summed E-state index contributed by atoms with van der Waals surface area (Å²) in [6.45, 7) is 7.46. The van der Waals surface area contributed by atoms with Gasteiger partial charge in [0.05, 0.1) is 38.9 Å². The first kappa shape index (κ1) is 30.7. The number of thioether (sulfide) groups is 1. The first-order valence-electron chi connectivity index (χ1n) is 12.2. The SMILES string of the molecule is COc1ccc(OC)c(CC(=O)N[C@H](C(=O)N[C@@H](CC(=O)O)C(=O)CSc2ccc(C)c(C)c2)C(C)C)c1. The average Bonchev–Trinajstić information content (AvgIpc) is 2.86. The predicted octanol–water partition coefficient (Wildman–Crippen LogP) is 3.32. The molecular weight excluding hydrogens is 508 g/mol. The summed E-state index contributed by atoms with van der Waals surface area (Å²) in [6.07, 6.45) is -0.626. The van der Waals surface area contributed by atoms with Crippen LogP contribution < -0.4 is 20.1 Å². The van der Waals surface area contributed by atoms with Crippen molar-refractivity contribution in [2.45, 2.75) is 57.5 Å². The maximum atomic E-state index is 13.1. The third kappa shape index (κ3) is 9.09. The minimum atomic E-state index is -1.23. The quantitative estimate of drug-likeness (QED) is 0.309. The van der Waals surface area contributed by atoms with Gasteiger partial charge in [-0.2, -0.15) is 0 Å². The van der Waals surface area contributed by atoms with Gasteiger partial charge in [-0.1, -0.05) is 19.9 Å². The lowest BCUT2D eigenvalue weighted by Crippen LogP contribution is -2.54. The van der Waals surface area contributed by atoms with Gasteiger partial charge in [-0.25, -0.2) is 0 Å². The Balaban J connectivity index is 2.10. The van der Waals surface area contributed by atoms with Gasteiger partial charge in [0.25, 0.3) is 0 Å². The number of benzene rings is 2. The Morgan fingerprint density at radius 1 is 0.947 bits per heavy atom. The number of aryl methyl sites for hydroxylation is 2. The number of aliphatic carboxylic acids is 1. The van der Waals surface area contributed by atoms with Crippen LogP contribution in [-0.2, 0) is 25.6 Å². The molecule has 0 aromatic heterocycles.